The Hall–Kier alpha value is -0.160. The van der Waals surface area contributed by atoms with Crippen LogP contribution in [0.1, 0.15) is 34.5 Å². The SMILES string of the molecule is CCNC(Cc1cc(C)cc(C)c1)c1cc(Br)c(Br)s1. The minimum atomic E-state index is 0.369. The lowest BCUT2D eigenvalue weighted by molar-refractivity contribution is 0.558. The van der Waals surface area contributed by atoms with E-state index < -0.39 is 0 Å². The number of nitrogens with one attached hydrogen (secondary N) is 1. The van der Waals surface area contributed by atoms with E-state index >= 15 is 0 Å². The third-order valence-corrected chi connectivity index (χ3v) is 6.55. The molecule has 0 saturated heterocycles. The fourth-order valence-corrected chi connectivity index (χ4v) is 4.64. The Morgan fingerprint density at radius 3 is 2.25 bits per heavy atom. The van der Waals surface area contributed by atoms with Crippen molar-refractivity contribution in [3.8, 4) is 0 Å². The zero-order valence-electron chi connectivity index (χ0n) is 12.0. The highest BCUT2D eigenvalue weighted by Crippen LogP contribution is 2.36. The van der Waals surface area contributed by atoms with Gasteiger partial charge >= 0.3 is 0 Å². The molecule has 4 heteroatoms. The van der Waals surface area contributed by atoms with Gasteiger partial charge in [-0.15, -0.1) is 11.3 Å². The molecule has 1 atom stereocenters. The molecule has 0 fully saturated rings. The van der Waals surface area contributed by atoms with E-state index in [1.54, 1.807) is 11.3 Å². The van der Waals surface area contributed by atoms with Crippen molar-refractivity contribution in [2.75, 3.05) is 6.54 Å². The Morgan fingerprint density at radius 1 is 1.10 bits per heavy atom. The number of benzene rings is 1. The fraction of sp³-hybridized carbons (Fsp3) is 0.375. The van der Waals surface area contributed by atoms with Crippen LogP contribution in [0, 0.1) is 13.8 Å². The van der Waals surface area contributed by atoms with Gasteiger partial charge in [0.1, 0.15) is 0 Å². The molecule has 0 aliphatic carbocycles. The Bertz CT molecular complexity index is 552. The maximum Gasteiger partial charge on any atom is 0.0843 e. The van der Waals surface area contributed by atoms with Gasteiger partial charge in [0.05, 0.1) is 3.79 Å². The zero-order chi connectivity index (χ0) is 14.7. The molecule has 2 rings (SSSR count). The van der Waals surface area contributed by atoms with Crippen molar-refractivity contribution in [3.05, 3.63) is 54.1 Å². The predicted octanol–water partition coefficient (Wildman–Crippen LogP) is 5.78. The lowest BCUT2D eigenvalue weighted by Gasteiger charge is -2.17. The summed E-state index contributed by atoms with van der Waals surface area (Å²) in [5.74, 6) is 0. The molecule has 0 bridgehead atoms. The molecule has 1 aromatic carbocycles. The highest BCUT2D eigenvalue weighted by Gasteiger charge is 2.16. The third-order valence-electron chi connectivity index (χ3n) is 3.18. The summed E-state index contributed by atoms with van der Waals surface area (Å²) in [5.41, 5.74) is 4.07. The molecule has 20 heavy (non-hydrogen) atoms. The number of hydrogen-bond acceptors (Lipinski definition) is 2. The molecule has 0 radical (unpaired) electrons. The van der Waals surface area contributed by atoms with Crippen LogP contribution in [0.3, 0.4) is 0 Å². The van der Waals surface area contributed by atoms with E-state index in [4.69, 9.17) is 0 Å². The van der Waals surface area contributed by atoms with Crippen LogP contribution >= 0.6 is 43.2 Å². The van der Waals surface area contributed by atoms with Gasteiger partial charge in [0.25, 0.3) is 0 Å². The van der Waals surface area contributed by atoms with E-state index in [9.17, 15) is 0 Å². The normalized spacial score (nSPS) is 12.7. The van der Waals surface area contributed by atoms with Crippen molar-refractivity contribution in [3.63, 3.8) is 0 Å². The second-order valence-electron chi connectivity index (χ2n) is 5.08. The van der Waals surface area contributed by atoms with Gasteiger partial charge in [0, 0.05) is 15.4 Å². The Labute approximate surface area is 142 Å². The Balaban J connectivity index is 2.24. The lowest BCUT2D eigenvalue weighted by Crippen LogP contribution is -2.22. The van der Waals surface area contributed by atoms with Gasteiger partial charge in [0.2, 0.25) is 0 Å². The molecular formula is C16H19Br2NS. The van der Waals surface area contributed by atoms with Crippen LogP contribution in [-0.2, 0) is 6.42 Å². The second kappa shape index (κ2) is 7.21. The van der Waals surface area contributed by atoms with Crippen molar-refractivity contribution in [1.82, 2.24) is 5.32 Å². The van der Waals surface area contributed by atoms with Crippen LogP contribution in [0.25, 0.3) is 0 Å². The molecule has 1 N–H and O–H groups in total. The summed E-state index contributed by atoms with van der Waals surface area (Å²) in [6.07, 6.45) is 1.02. The van der Waals surface area contributed by atoms with Crippen molar-refractivity contribution < 1.29 is 0 Å². The minimum Gasteiger partial charge on any atom is -0.309 e. The van der Waals surface area contributed by atoms with E-state index in [0.29, 0.717) is 6.04 Å². The highest BCUT2D eigenvalue weighted by atomic mass is 79.9. The predicted molar refractivity (Wildman–Crippen MR) is 95.8 cm³/mol. The monoisotopic (exact) mass is 415 g/mol. The van der Waals surface area contributed by atoms with E-state index in [2.05, 4.69) is 82.2 Å². The summed E-state index contributed by atoms with van der Waals surface area (Å²) in [6.45, 7) is 7.46. The van der Waals surface area contributed by atoms with Crippen molar-refractivity contribution in [2.24, 2.45) is 0 Å². The lowest BCUT2D eigenvalue weighted by atomic mass is 10.0. The van der Waals surface area contributed by atoms with Gasteiger partial charge in [-0.2, -0.15) is 0 Å². The van der Waals surface area contributed by atoms with Gasteiger partial charge in [-0.25, -0.2) is 0 Å². The maximum absolute atomic E-state index is 3.60. The van der Waals surface area contributed by atoms with Crippen molar-refractivity contribution >= 4 is 43.2 Å². The maximum atomic E-state index is 3.60. The molecule has 0 aliphatic rings. The molecular weight excluding hydrogens is 398 g/mol. The number of rotatable bonds is 5. The van der Waals surface area contributed by atoms with E-state index in [1.807, 2.05) is 0 Å². The quantitative estimate of drug-likeness (QED) is 0.650. The summed E-state index contributed by atoms with van der Waals surface area (Å²) >= 11 is 8.97. The van der Waals surface area contributed by atoms with E-state index in [-0.39, 0.29) is 0 Å². The molecule has 0 spiro atoms. The summed E-state index contributed by atoms with van der Waals surface area (Å²) in [4.78, 5) is 1.37. The first-order valence-corrected chi connectivity index (χ1v) is 9.15. The van der Waals surface area contributed by atoms with E-state index in [1.165, 1.54) is 21.6 Å². The Morgan fingerprint density at radius 2 is 1.75 bits per heavy atom. The number of halogens is 2. The Kier molecular flexibility index (Phi) is 5.84. The molecule has 2 aromatic rings. The standard InChI is InChI=1S/C16H19Br2NS/c1-4-19-14(15-9-13(17)16(18)20-15)8-12-6-10(2)5-11(3)7-12/h5-7,9,14,19H,4,8H2,1-3H3. The first-order valence-electron chi connectivity index (χ1n) is 6.75. The number of likely N-dealkylation sites (N-methyl/N-ethyl adjacent to an activating group) is 1. The van der Waals surface area contributed by atoms with Gasteiger partial charge < -0.3 is 5.32 Å². The van der Waals surface area contributed by atoms with Gasteiger partial charge in [0.15, 0.2) is 0 Å². The molecule has 108 valence electrons. The molecule has 1 unspecified atom stereocenters. The third kappa shape index (κ3) is 4.17. The summed E-state index contributed by atoms with van der Waals surface area (Å²) in [5, 5.41) is 3.60. The van der Waals surface area contributed by atoms with Crippen LogP contribution < -0.4 is 5.32 Å². The molecule has 0 saturated carbocycles. The van der Waals surface area contributed by atoms with Gasteiger partial charge in [-0.1, -0.05) is 36.2 Å². The zero-order valence-corrected chi connectivity index (χ0v) is 16.0. The average molecular weight is 417 g/mol. The smallest absolute Gasteiger partial charge is 0.0843 e. The highest BCUT2D eigenvalue weighted by molar-refractivity contribution is 9.13. The molecule has 0 amide bonds. The molecule has 0 aliphatic heterocycles. The minimum absolute atomic E-state index is 0.369. The largest absolute Gasteiger partial charge is 0.309 e. The average Bonchev–Trinajstić information content (AvgIpc) is 2.68. The van der Waals surface area contributed by atoms with Crippen LogP contribution in [0.5, 0.6) is 0 Å². The van der Waals surface area contributed by atoms with Gasteiger partial charge in [-0.05, 0) is 70.3 Å². The first kappa shape index (κ1) is 16.2. The summed E-state index contributed by atoms with van der Waals surface area (Å²) in [7, 11) is 0. The summed E-state index contributed by atoms with van der Waals surface area (Å²) in [6, 6.07) is 9.38. The topological polar surface area (TPSA) is 12.0 Å². The van der Waals surface area contributed by atoms with Crippen molar-refractivity contribution in [2.45, 2.75) is 33.2 Å². The molecule has 1 heterocycles. The van der Waals surface area contributed by atoms with Crippen molar-refractivity contribution in [1.29, 1.82) is 0 Å². The van der Waals surface area contributed by atoms with E-state index in [0.717, 1.165) is 21.2 Å². The van der Waals surface area contributed by atoms with Crippen LogP contribution in [0.2, 0.25) is 0 Å². The number of thiophene rings is 1. The number of aryl methyl sites for hydroxylation is 2. The molecule has 1 aromatic heterocycles. The number of hydrogen-bond donors (Lipinski definition) is 1. The van der Waals surface area contributed by atoms with Gasteiger partial charge in [-0.3, -0.25) is 0 Å². The first-order chi connectivity index (χ1) is 9.49. The van der Waals surface area contributed by atoms with Crippen LogP contribution in [-0.4, -0.2) is 6.54 Å². The fourth-order valence-electron chi connectivity index (χ4n) is 2.48. The van der Waals surface area contributed by atoms with Crippen LogP contribution in [0.15, 0.2) is 32.5 Å². The summed E-state index contributed by atoms with van der Waals surface area (Å²) < 4.78 is 2.30. The molecule has 1 nitrogen and oxygen atoms in total. The second-order valence-corrected chi connectivity index (χ2v) is 8.34. The van der Waals surface area contributed by atoms with Crippen LogP contribution in [0.4, 0.5) is 0 Å².